The van der Waals surface area contributed by atoms with E-state index in [1.54, 1.807) is 13.0 Å². The highest BCUT2D eigenvalue weighted by Gasteiger charge is 2.09. The molecule has 1 aromatic heterocycles. The van der Waals surface area contributed by atoms with Gasteiger partial charge in [-0.15, -0.1) is 0 Å². The summed E-state index contributed by atoms with van der Waals surface area (Å²) < 4.78 is 24.1. The van der Waals surface area contributed by atoms with Crippen molar-refractivity contribution in [2.24, 2.45) is 0 Å². The maximum Gasteiger partial charge on any atom is 0.246 e. The van der Waals surface area contributed by atoms with Crippen LogP contribution in [0.3, 0.4) is 0 Å². The van der Waals surface area contributed by atoms with Gasteiger partial charge in [-0.05, 0) is 55.8 Å². The number of anilines is 1. The van der Waals surface area contributed by atoms with E-state index >= 15 is 0 Å². The molecule has 0 aliphatic rings. The van der Waals surface area contributed by atoms with E-state index in [1.807, 2.05) is 37.3 Å². The molecule has 0 saturated heterocycles. The van der Waals surface area contributed by atoms with Crippen LogP contribution in [-0.4, -0.2) is 16.7 Å². The highest BCUT2D eigenvalue weighted by Crippen LogP contribution is 2.20. The summed E-state index contributed by atoms with van der Waals surface area (Å²) in [6, 6.07) is 12.5. The van der Waals surface area contributed by atoms with Gasteiger partial charge in [-0.2, -0.15) is 4.98 Å². The van der Waals surface area contributed by atoms with Gasteiger partial charge < -0.3 is 14.6 Å². The van der Waals surface area contributed by atoms with Crippen molar-refractivity contribution in [3.8, 4) is 17.1 Å². The minimum absolute atomic E-state index is 0.249. The first-order valence-corrected chi connectivity index (χ1v) is 7.71. The maximum absolute atomic E-state index is 13.5. The lowest BCUT2D eigenvalue weighted by Gasteiger charge is -2.04. The number of ether oxygens (including phenoxy) is 1. The van der Waals surface area contributed by atoms with Crippen LogP contribution in [0.2, 0.25) is 0 Å². The Hall–Kier alpha value is -2.89. The molecule has 3 rings (SSSR count). The van der Waals surface area contributed by atoms with Gasteiger partial charge >= 0.3 is 0 Å². The Kier molecular flexibility index (Phi) is 4.74. The van der Waals surface area contributed by atoms with Crippen LogP contribution in [0.4, 0.5) is 10.1 Å². The molecule has 124 valence electrons. The fraction of sp³-hybridized carbons (Fsp3) is 0.222. The van der Waals surface area contributed by atoms with Crippen LogP contribution in [0.25, 0.3) is 11.4 Å². The summed E-state index contributed by atoms with van der Waals surface area (Å²) in [5.41, 5.74) is 2.12. The predicted molar refractivity (Wildman–Crippen MR) is 89.4 cm³/mol. The molecule has 0 radical (unpaired) electrons. The maximum atomic E-state index is 13.5. The molecule has 0 fully saturated rings. The Balaban J connectivity index is 1.65. The summed E-state index contributed by atoms with van der Waals surface area (Å²) in [7, 11) is 0. The number of halogens is 1. The van der Waals surface area contributed by atoms with E-state index in [2.05, 4.69) is 15.5 Å². The van der Waals surface area contributed by atoms with Crippen molar-refractivity contribution < 1.29 is 13.7 Å². The first kappa shape index (κ1) is 16.0. The molecular formula is C18H18FN3O2. The van der Waals surface area contributed by atoms with Gasteiger partial charge in [-0.1, -0.05) is 11.2 Å². The molecule has 6 heteroatoms. The van der Waals surface area contributed by atoms with E-state index in [-0.39, 0.29) is 5.82 Å². The first-order chi connectivity index (χ1) is 11.7. The van der Waals surface area contributed by atoms with Gasteiger partial charge in [0.25, 0.3) is 0 Å². The van der Waals surface area contributed by atoms with Crippen LogP contribution >= 0.6 is 0 Å². The number of aromatic nitrogens is 2. The van der Waals surface area contributed by atoms with E-state index in [0.717, 1.165) is 11.3 Å². The summed E-state index contributed by atoms with van der Waals surface area (Å²) in [4.78, 5) is 4.34. The zero-order valence-corrected chi connectivity index (χ0v) is 13.5. The van der Waals surface area contributed by atoms with E-state index in [4.69, 9.17) is 9.26 Å². The lowest BCUT2D eigenvalue weighted by Crippen LogP contribution is -2.00. The van der Waals surface area contributed by atoms with Crippen LogP contribution in [0.15, 0.2) is 47.0 Å². The molecule has 0 unspecified atom stereocenters. The normalized spacial score (nSPS) is 10.6. The van der Waals surface area contributed by atoms with Crippen molar-refractivity contribution in [2.45, 2.75) is 20.4 Å². The molecule has 0 atom stereocenters. The minimum Gasteiger partial charge on any atom is -0.494 e. The largest absolute Gasteiger partial charge is 0.494 e. The monoisotopic (exact) mass is 327 g/mol. The van der Waals surface area contributed by atoms with Gasteiger partial charge in [-0.3, -0.25) is 0 Å². The Bertz CT molecular complexity index is 815. The van der Waals surface area contributed by atoms with Gasteiger partial charge in [0, 0.05) is 11.3 Å². The van der Waals surface area contributed by atoms with Crippen LogP contribution in [-0.2, 0) is 6.54 Å². The number of nitrogens with one attached hydrogen (secondary N) is 1. The average molecular weight is 327 g/mol. The second-order valence-corrected chi connectivity index (χ2v) is 5.29. The van der Waals surface area contributed by atoms with Crippen LogP contribution in [0.1, 0.15) is 18.4 Å². The Morgan fingerprint density at radius 3 is 2.67 bits per heavy atom. The SMILES string of the molecule is CCOc1ccc(-c2noc(CNc3ccc(C)c(F)c3)n2)cc1. The Morgan fingerprint density at radius 1 is 1.17 bits per heavy atom. The minimum atomic E-state index is -0.249. The number of hydrogen-bond donors (Lipinski definition) is 1. The molecule has 0 spiro atoms. The zero-order valence-electron chi connectivity index (χ0n) is 13.5. The van der Waals surface area contributed by atoms with Crippen LogP contribution < -0.4 is 10.1 Å². The van der Waals surface area contributed by atoms with Crippen molar-refractivity contribution in [2.75, 3.05) is 11.9 Å². The molecule has 2 aromatic carbocycles. The van der Waals surface area contributed by atoms with Crippen molar-refractivity contribution >= 4 is 5.69 Å². The van der Waals surface area contributed by atoms with E-state index < -0.39 is 0 Å². The molecule has 0 saturated carbocycles. The van der Waals surface area contributed by atoms with Gasteiger partial charge in [0.05, 0.1) is 13.2 Å². The molecule has 24 heavy (non-hydrogen) atoms. The van der Waals surface area contributed by atoms with Gasteiger partial charge in [0.2, 0.25) is 11.7 Å². The fourth-order valence-electron chi connectivity index (χ4n) is 2.19. The van der Waals surface area contributed by atoms with Crippen LogP contribution in [0, 0.1) is 12.7 Å². The third-order valence-electron chi connectivity index (χ3n) is 3.51. The first-order valence-electron chi connectivity index (χ1n) is 7.71. The standard InChI is InChI=1S/C18H18FN3O2/c1-3-23-15-8-5-13(6-9-15)18-21-17(24-22-18)11-20-14-7-4-12(2)16(19)10-14/h4-10,20H,3,11H2,1-2H3. The average Bonchev–Trinajstić information content (AvgIpc) is 3.06. The summed E-state index contributed by atoms with van der Waals surface area (Å²) in [6.45, 7) is 4.61. The summed E-state index contributed by atoms with van der Waals surface area (Å²) >= 11 is 0. The second kappa shape index (κ2) is 7.12. The van der Waals surface area contributed by atoms with E-state index in [0.29, 0.717) is 36.1 Å². The smallest absolute Gasteiger partial charge is 0.246 e. The molecule has 1 N–H and O–H groups in total. The van der Waals surface area contributed by atoms with Gasteiger partial charge in [0.1, 0.15) is 11.6 Å². The number of hydrogen-bond acceptors (Lipinski definition) is 5. The topological polar surface area (TPSA) is 60.2 Å². The molecule has 3 aromatic rings. The zero-order chi connectivity index (χ0) is 16.9. The van der Waals surface area contributed by atoms with Crippen molar-refractivity contribution in [1.29, 1.82) is 0 Å². The predicted octanol–water partition coefficient (Wildman–Crippen LogP) is 4.19. The number of benzene rings is 2. The highest BCUT2D eigenvalue weighted by atomic mass is 19.1. The summed E-state index contributed by atoms with van der Waals surface area (Å²) in [5.74, 6) is 1.48. The lowest BCUT2D eigenvalue weighted by atomic mass is 10.2. The van der Waals surface area contributed by atoms with E-state index in [9.17, 15) is 4.39 Å². The quantitative estimate of drug-likeness (QED) is 0.735. The molecule has 0 aliphatic carbocycles. The van der Waals surface area contributed by atoms with Crippen molar-refractivity contribution in [1.82, 2.24) is 10.1 Å². The number of rotatable bonds is 6. The molecule has 5 nitrogen and oxygen atoms in total. The Morgan fingerprint density at radius 2 is 1.96 bits per heavy atom. The van der Waals surface area contributed by atoms with Gasteiger partial charge in [0.15, 0.2) is 0 Å². The summed E-state index contributed by atoms with van der Waals surface area (Å²) in [5, 5.41) is 7.03. The molecule has 0 amide bonds. The van der Waals surface area contributed by atoms with Crippen molar-refractivity contribution in [3.63, 3.8) is 0 Å². The third kappa shape index (κ3) is 3.71. The molecular weight excluding hydrogens is 309 g/mol. The highest BCUT2D eigenvalue weighted by molar-refractivity contribution is 5.55. The van der Waals surface area contributed by atoms with E-state index in [1.165, 1.54) is 6.07 Å². The van der Waals surface area contributed by atoms with Crippen LogP contribution in [0.5, 0.6) is 5.75 Å². The fourth-order valence-corrected chi connectivity index (χ4v) is 2.19. The lowest BCUT2D eigenvalue weighted by molar-refractivity contribution is 0.340. The van der Waals surface area contributed by atoms with Crippen molar-refractivity contribution in [3.05, 3.63) is 59.7 Å². The Labute approximate surface area is 139 Å². The second-order valence-electron chi connectivity index (χ2n) is 5.29. The number of aryl methyl sites for hydroxylation is 1. The molecule has 0 aliphatic heterocycles. The molecule has 0 bridgehead atoms. The third-order valence-corrected chi connectivity index (χ3v) is 3.51. The van der Waals surface area contributed by atoms with Gasteiger partial charge in [-0.25, -0.2) is 4.39 Å². The molecule has 1 heterocycles. The summed E-state index contributed by atoms with van der Waals surface area (Å²) in [6.07, 6.45) is 0. The number of nitrogens with zero attached hydrogens (tertiary/aromatic N) is 2.